The van der Waals surface area contributed by atoms with Crippen molar-refractivity contribution in [3.05, 3.63) is 24.4 Å². The highest BCUT2D eigenvalue weighted by Crippen LogP contribution is 2.39. The molecule has 3 aromatic heterocycles. The summed E-state index contributed by atoms with van der Waals surface area (Å²) >= 11 is 0. The molecule has 144 valence electrons. The minimum Gasteiger partial charge on any atom is -0.422 e. The number of rotatable bonds is 5. The van der Waals surface area contributed by atoms with Crippen LogP contribution in [-0.2, 0) is 11.2 Å². The van der Waals surface area contributed by atoms with Gasteiger partial charge in [-0.05, 0) is 13.8 Å². The highest BCUT2D eigenvalue weighted by Gasteiger charge is 2.47. The Labute approximate surface area is 154 Å². The summed E-state index contributed by atoms with van der Waals surface area (Å²) in [5.74, 6) is 1.15. The van der Waals surface area contributed by atoms with Gasteiger partial charge in [0, 0.05) is 12.5 Å². The van der Waals surface area contributed by atoms with Crippen LogP contribution in [0.25, 0.3) is 11.2 Å². The maximum absolute atomic E-state index is 10.5. The molecule has 3 aromatic rings. The van der Waals surface area contributed by atoms with E-state index in [1.54, 1.807) is 4.57 Å². The molecule has 1 aliphatic heterocycles. The zero-order valence-electron chi connectivity index (χ0n) is 15.1. The van der Waals surface area contributed by atoms with Crippen LogP contribution < -0.4 is 5.32 Å². The largest absolute Gasteiger partial charge is 0.422 e. The third kappa shape index (κ3) is 3.03. The number of aliphatic hydroxyl groups is 2. The molecule has 27 heavy (non-hydrogen) atoms. The van der Waals surface area contributed by atoms with Gasteiger partial charge >= 0.3 is 0 Å². The van der Waals surface area contributed by atoms with Crippen LogP contribution in [0.5, 0.6) is 0 Å². The van der Waals surface area contributed by atoms with Crippen molar-refractivity contribution in [1.82, 2.24) is 29.7 Å². The number of hydrogen-bond donors (Lipinski definition) is 3. The lowest BCUT2D eigenvalue weighted by Gasteiger charge is -2.16. The highest BCUT2D eigenvalue weighted by atomic mass is 16.6. The highest BCUT2D eigenvalue weighted by molar-refractivity contribution is 5.82. The Morgan fingerprint density at radius 2 is 2.00 bits per heavy atom. The average Bonchev–Trinajstić information content (AvgIpc) is 3.34. The summed E-state index contributed by atoms with van der Waals surface area (Å²) in [7, 11) is 0. The SMILES string of the molecule is CCc1nnc([C@H]2O[C@@H](n3cnc4c(NC(C)C)ncnc43)[C@H](O)[C@@H]2O)o1. The maximum Gasteiger partial charge on any atom is 0.248 e. The molecule has 1 saturated heterocycles. The Morgan fingerprint density at radius 1 is 1.19 bits per heavy atom. The summed E-state index contributed by atoms with van der Waals surface area (Å²) < 4.78 is 12.9. The van der Waals surface area contributed by atoms with Gasteiger partial charge in [0.15, 0.2) is 29.3 Å². The first-order valence-corrected chi connectivity index (χ1v) is 8.77. The first-order chi connectivity index (χ1) is 13.0. The van der Waals surface area contributed by atoms with E-state index in [-0.39, 0.29) is 11.9 Å². The monoisotopic (exact) mass is 375 g/mol. The number of nitrogens with one attached hydrogen (secondary N) is 1. The number of anilines is 1. The van der Waals surface area contributed by atoms with Crippen molar-refractivity contribution in [2.75, 3.05) is 5.32 Å². The molecule has 4 rings (SSSR count). The van der Waals surface area contributed by atoms with Gasteiger partial charge in [-0.3, -0.25) is 4.57 Å². The van der Waals surface area contributed by atoms with Crippen LogP contribution in [0.15, 0.2) is 17.1 Å². The van der Waals surface area contributed by atoms with Gasteiger partial charge in [-0.25, -0.2) is 15.0 Å². The Bertz CT molecular complexity index is 940. The van der Waals surface area contributed by atoms with Gasteiger partial charge < -0.3 is 24.7 Å². The van der Waals surface area contributed by atoms with Crippen LogP contribution >= 0.6 is 0 Å². The molecular weight excluding hydrogens is 354 g/mol. The first-order valence-electron chi connectivity index (χ1n) is 8.77. The van der Waals surface area contributed by atoms with Gasteiger partial charge in [-0.15, -0.1) is 10.2 Å². The normalized spacial score (nSPS) is 25.6. The first kappa shape index (κ1) is 17.8. The van der Waals surface area contributed by atoms with Gasteiger partial charge in [-0.2, -0.15) is 0 Å². The van der Waals surface area contributed by atoms with Crippen LogP contribution in [0, 0.1) is 0 Å². The molecule has 0 aliphatic carbocycles. The summed E-state index contributed by atoms with van der Waals surface area (Å²) in [6.07, 6.45) is -0.825. The van der Waals surface area contributed by atoms with Crippen molar-refractivity contribution in [3.63, 3.8) is 0 Å². The van der Waals surface area contributed by atoms with Gasteiger partial charge in [0.05, 0.1) is 6.33 Å². The predicted molar refractivity (Wildman–Crippen MR) is 92.6 cm³/mol. The van der Waals surface area contributed by atoms with Crippen LogP contribution in [-0.4, -0.2) is 58.2 Å². The fraction of sp³-hybridized carbons (Fsp3) is 0.562. The number of imidazole rings is 1. The molecule has 0 spiro atoms. The van der Waals surface area contributed by atoms with Crippen molar-refractivity contribution < 1.29 is 19.4 Å². The van der Waals surface area contributed by atoms with Crippen molar-refractivity contribution in [1.29, 1.82) is 0 Å². The van der Waals surface area contributed by atoms with E-state index >= 15 is 0 Å². The second-order valence-corrected chi connectivity index (χ2v) is 6.66. The van der Waals surface area contributed by atoms with Crippen LogP contribution in [0.4, 0.5) is 5.82 Å². The van der Waals surface area contributed by atoms with Gasteiger partial charge in [0.1, 0.15) is 18.5 Å². The van der Waals surface area contributed by atoms with E-state index < -0.39 is 24.5 Å². The quantitative estimate of drug-likeness (QED) is 0.579. The molecule has 0 saturated carbocycles. The van der Waals surface area contributed by atoms with E-state index in [0.29, 0.717) is 29.3 Å². The Balaban J connectivity index is 1.67. The number of hydrogen-bond acceptors (Lipinski definition) is 10. The third-order valence-corrected chi connectivity index (χ3v) is 4.32. The van der Waals surface area contributed by atoms with Crippen LogP contribution in [0.2, 0.25) is 0 Å². The number of nitrogens with zero attached hydrogens (tertiary/aromatic N) is 6. The molecule has 1 fully saturated rings. The zero-order chi connectivity index (χ0) is 19.1. The summed E-state index contributed by atoms with van der Waals surface area (Å²) in [6.45, 7) is 5.86. The zero-order valence-corrected chi connectivity index (χ0v) is 15.1. The van der Waals surface area contributed by atoms with Crippen molar-refractivity contribution >= 4 is 17.0 Å². The average molecular weight is 375 g/mol. The molecule has 3 N–H and O–H groups in total. The molecule has 0 radical (unpaired) electrons. The summed E-state index contributed by atoms with van der Waals surface area (Å²) in [5, 5.41) is 31.9. The van der Waals surface area contributed by atoms with Crippen molar-refractivity contribution in [3.8, 4) is 0 Å². The lowest BCUT2D eigenvalue weighted by molar-refractivity contribution is -0.0439. The summed E-state index contributed by atoms with van der Waals surface area (Å²) in [4.78, 5) is 12.8. The molecule has 4 heterocycles. The van der Waals surface area contributed by atoms with E-state index in [9.17, 15) is 10.2 Å². The molecule has 1 aliphatic rings. The molecule has 11 heteroatoms. The van der Waals surface area contributed by atoms with E-state index in [4.69, 9.17) is 9.15 Å². The van der Waals surface area contributed by atoms with E-state index in [2.05, 4.69) is 30.5 Å². The third-order valence-electron chi connectivity index (χ3n) is 4.32. The lowest BCUT2D eigenvalue weighted by atomic mass is 10.1. The molecule has 0 aromatic carbocycles. The van der Waals surface area contributed by atoms with E-state index in [1.165, 1.54) is 12.7 Å². The lowest BCUT2D eigenvalue weighted by Crippen LogP contribution is -2.29. The van der Waals surface area contributed by atoms with E-state index in [1.807, 2.05) is 20.8 Å². The fourth-order valence-corrected chi connectivity index (χ4v) is 3.04. The fourth-order valence-electron chi connectivity index (χ4n) is 3.04. The Hall–Kier alpha value is -2.63. The van der Waals surface area contributed by atoms with Crippen molar-refractivity contribution in [2.24, 2.45) is 0 Å². The smallest absolute Gasteiger partial charge is 0.248 e. The summed E-state index contributed by atoms with van der Waals surface area (Å²) in [6, 6.07) is 0.165. The van der Waals surface area contributed by atoms with Gasteiger partial charge in [-0.1, -0.05) is 6.92 Å². The predicted octanol–water partition coefficient (Wildman–Crippen LogP) is 0.584. The second-order valence-electron chi connectivity index (χ2n) is 6.66. The number of ether oxygens (including phenoxy) is 1. The van der Waals surface area contributed by atoms with Crippen LogP contribution in [0.3, 0.4) is 0 Å². The van der Waals surface area contributed by atoms with Gasteiger partial charge in [0.25, 0.3) is 0 Å². The number of aryl methyl sites for hydroxylation is 1. The Kier molecular flexibility index (Phi) is 4.50. The standard InChI is InChI=1S/C16H21N7O4/c1-4-8-21-22-15(26-8)12-10(24)11(25)16(27-12)23-6-19-9-13(20-7(2)3)17-5-18-14(9)23/h5-7,10-12,16,24-25H,4H2,1-3H3,(H,17,18,20)/t10-,11+,12-,16+/m0/s1. The summed E-state index contributed by atoms with van der Waals surface area (Å²) in [5.41, 5.74) is 1.02. The molecule has 0 bridgehead atoms. The Morgan fingerprint density at radius 3 is 2.70 bits per heavy atom. The van der Waals surface area contributed by atoms with E-state index in [0.717, 1.165) is 0 Å². The molecule has 0 amide bonds. The second kappa shape index (κ2) is 6.83. The number of aliphatic hydroxyl groups excluding tert-OH is 2. The molecule has 4 atom stereocenters. The minimum absolute atomic E-state index is 0.127. The van der Waals surface area contributed by atoms with Crippen molar-refractivity contribution in [2.45, 2.75) is 57.8 Å². The number of fused-ring (bicyclic) bond motifs is 1. The maximum atomic E-state index is 10.5. The van der Waals surface area contributed by atoms with Gasteiger partial charge in [0.2, 0.25) is 11.8 Å². The topological polar surface area (TPSA) is 144 Å². The molecule has 11 nitrogen and oxygen atoms in total. The van der Waals surface area contributed by atoms with Crippen LogP contribution in [0.1, 0.15) is 44.9 Å². The molecular formula is C16H21N7O4. The minimum atomic E-state index is -1.23. The number of aromatic nitrogens is 6. The molecule has 0 unspecified atom stereocenters.